The molecule has 1 aliphatic rings. The van der Waals surface area contributed by atoms with Gasteiger partial charge < -0.3 is 9.88 Å². The summed E-state index contributed by atoms with van der Waals surface area (Å²) in [6.45, 7) is 2.54. The number of ketones is 1. The zero-order valence-corrected chi connectivity index (χ0v) is 12.3. The van der Waals surface area contributed by atoms with Crippen molar-refractivity contribution in [3.8, 4) is 0 Å². The van der Waals surface area contributed by atoms with Gasteiger partial charge in [-0.05, 0) is 31.4 Å². The molecule has 0 saturated carbocycles. The van der Waals surface area contributed by atoms with Gasteiger partial charge in [0.15, 0.2) is 5.78 Å². The molecule has 1 fully saturated rings. The Morgan fingerprint density at radius 1 is 1.29 bits per heavy atom. The van der Waals surface area contributed by atoms with E-state index >= 15 is 0 Å². The second kappa shape index (κ2) is 5.72. The van der Waals surface area contributed by atoms with Crippen molar-refractivity contribution in [2.24, 2.45) is 0 Å². The number of hydrogen-bond donors (Lipinski definition) is 1. The molecule has 0 radical (unpaired) electrons. The summed E-state index contributed by atoms with van der Waals surface area (Å²) in [6, 6.07) is 7.42. The molecule has 1 aliphatic heterocycles. The molecular weight excluding hydrogens is 264 g/mol. The molecule has 4 heteroatoms. The van der Waals surface area contributed by atoms with Gasteiger partial charge >= 0.3 is 0 Å². The number of likely N-dealkylation sites (tertiary alicyclic amines) is 1. The van der Waals surface area contributed by atoms with Crippen LogP contribution in [0, 0.1) is 0 Å². The van der Waals surface area contributed by atoms with Gasteiger partial charge in [0.1, 0.15) is 0 Å². The fourth-order valence-corrected chi connectivity index (χ4v) is 3.16. The molecule has 4 nitrogen and oxygen atoms in total. The van der Waals surface area contributed by atoms with E-state index in [0.29, 0.717) is 18.5 Å². The first kappa shape index (κ1) is 13.9. The predicted molar refractivity (Wildman–Crippen MR) is 82.3 cm³/mol. The number of nitrogens with one attached hydrogen (secondary N) is 1. The maximum Gasteiger partial charge on any atom is 0.256 e. The second-order valence-electron chi connectivity index (χ2n) is 5.58. The quantitative estimate of drug-likeness (QED) is 0.941. The molecule has 0 unspecified atom stereocenters. The van der Waals surface area contributed by atoms with Crippen LogP contribution < -0.4 is 0 Å². The molecule has 2 aromatic rings. The maximum absolute atomic E-state index is 12.9. The third-order valence-corrected chi connectivity index (χ3v) is 4.30. The maximum atomic E-state index is 12.9. The minimum atomic E-state index is -0.249. The number of nitrogens with zero attached hydrogens (tertiary/aromatic N) is 1. The Morgan fingerprint density at radius 3 is 2.95 bits per heavy atom. The summed E-state index contributed by atoms with van der Waals surface area (Å²) >= 11 is 0. The summed E-state index contributed by atoms with van der Waals surface area (Å²) in [6.07, 6.45) is 5.11. The third kappa shape index (κ3) is 2.46. The molecule has 0 spiro atoms. The highest BCUT2D eigenvalue weighted by molar-refractivity contribution is 6.07. The largest absolute Gasteiger partial charge is 0.361 e. The van der Waals surface area contributed by atoms with Gasteiger partial charge in [-0.3, -0.25) is 9.59 Å². The fraction of sp³-hybridized carbons (Fsp3) is 0.412. The van der Waals surface area contributed by atoms with Crippen LogP contribution >= 0.6 is 0 Å². The number of rotatable bonds is 3. The van der Waals surface area contributed by atoms with E-state index < -0.39 is 0 Å². The van der Waals surface area contributed by atoms with E-state index in [1.54, 1.807) is 4.90 Å². The zero-order chi connectivity index (χ0) is 14.8. The standard InChI is InChI=1S/C17H20N2O2/c1-2-15(20)14-8-3-4-11-19(14)17(21)13-7-5-6-12-9-10-18-16(12)13/h5-7,9-10,14,18H,2-4,8,11H2,1H3/t14-/m1/s1. The van der Waals surface area contributed by atoms with Crippen LogP contribution in [0.15, 0.2) is 30.5 Å². The van der Waals surface area contributed by atoms with Gasteiger partial charge in [-0.15, -0.1) is 0 Å². The van der Waals surface area contributed by atoms with Crippen LogP contribution in [0.1, 0.15) is 43.0 Å². The lowest BCUT2D eigenvalue weighted by molar-refractivity contribution is -0.124. The van der Waals surface area contributed by atoms with Crippen LogP contribution in [0.25, 0.3) is 10.9 Å². The molecule has 3 rings (SSSR count). The lowest BCUT2D eigenvalue weighted by Crippen LogP contribution is -2.47. The first-order valence-electron chi connectivity index (χ1n) is 7.62. The molecule has 1 N–H and O–H groups in total. The number of piperidine rings is 1. The lowest BCUT2D eigenvalue weighted by Gasteiger charge is -2.34. The summed E-state index contributed by atoms with van der Waals surface area (Å²) in [5.74, 6) is 0.135. The summed E-state index contributed by atoms with van der Waals surface area (Å²) in [4.78, 5) is 29.9. The molecule has 21 heavy (non-hydrogen) atoms. The van der Waals surface area contributed by atoms with Gasteiger partial charge in [-0.25, -0.2) is 0 Å². The molecule has 1 amide bonds. The number of H-pyrrole nitrogens is 1. The molecule has 1 aromatic heterocycles. The normalized spacial score (nSPS) is 18.9. The van der Waals surface area contributed by atoms with E-state index in [1.165, 1.54) is 0 Å². The van der Waals surface area contributed by atoms with Crippen molar-refractivity contribution in [2.75, 3.05) is 6.54 Å². The minimum Gasteiger partial charge on any atom is -0.361 e. The van der Waals surface area contributed by atoms with Crippen LogP contribution in [-0.2, 0) is 4.79 Å². The second-order valence-corrected chi connectivity index (χ2v) is 5.58. The van der Waals surface area contributed by atoms with Crippen molar-refractivity contribution in [2.45, 2.75) is 38.6 Å². The minimum absolute atomic E-state index is 0.0328. The van der Waals surface area contributed by atoms with E-state index in [2.05, 4.69) is 4.98 Å². The van der Waals surface area contributed by atoms with Gasteiger partial charge in [0.05, 0.1) is 17.1 Å². The van der Waals surface area contributed by atoms with Gasteiger partial charge in [-0.2, -0.15) is 0 Å². The summed E-state index contributed by atoms with van der Waals surface area (Å²) in [7, 11) is 0. The molecular formula is C17H20N2O2. The van der Waals surface area contributed by atoms with E-state index in [0.717, 1.165) is 30.2 Å². The highest BCUT2D eigenvalue weighted by atomic mass is 16.2. The number of Topliss-reactive ketones (excluding diaryl/α,β-unsaturated/α-hetero) is 1. The third-order valence-electron chi connectivity index (χ3n) is 4.30. The number of benzene rings is 1. The number of hydrogen-bond acceptors (Lipinski definition) is 2. The van der Waals surface area contributed by atoms with Crippen LogP contribution in [-0.4, -0.2) is 34.2 Å². The van der Waals surface area contributed by atoms with Crippen molar-refractivity contribution in [1.82, 2.24) is 9.88 Å². The van der Waals surface area contributed by atoms with E-state index in [9.17, 15) is 9.59 Å². The van der Waals surface area contributed by atoms with Crippen LogP contribution in [0.3, 0.4) is 0 Å². The fourth-order valence-electron chi connectivity index (χ4n) is 3.16. The molecule has 110 valence electrons. The van der Waals surface area contributed by atoms with E-state index in [-0.39, 0.29) is 17.7 Å². The number of fused-ring (bicyclic) bond motifs is 1. The molecule has 0 aliphatic carbocycles. The number of amides is 1. The van der Waals surface area contributed by atoms with Crippen molar-refractivity contribution in [3.05, 3.63) is 36.0 Å². The Morgan fingerprint density at radius 2 is 2.14 bits per heavy atom. The Hall–Kier alpha value is -2.10. The van der Waals surface area contributed by atoms with E-state index in [1.807, 2.05) is 37.4 Å². The van der Waals surface area contributed by atoms with Gasteiger partial charge in [0.2, 0.25) is 0 Å². The monoisotopic (exact) mass is 284 g/mol. The average molecular weight is 284 g/mol. The average Bonchev–Trinajstić information content (AvgIpc) is 3.02. The van der Waals surface area contributed by atoms with Gasteiger partial charge in [0, 0.05) is 24.5 Å². The molecule has 2 heterocycles. The van der Waals surface area contributed by atoms with E-state index in [4.69, 9.17) is 0 Å². The smallest absolute Gasteiger partial charge is 0.256 e. The molecule has 1 atom stereocenters. The first-order valence-corrected chi connectivity index (χ1v) is 7.62. The van der Waals surface area contributed by atoms with Crippen LogP contribution in [0.2, 0.25) is 0 Å². The highest BCUT2D eigenvalue weighted by Gasteiger charge is 2.32. The van der Waals surface area contributed by atoms with Crippen LogP contribution in [0.4, 0.5) is 0 Å². The zero-order valence-electron chi connectivity index (χ0n) is 12.3. The number of aromatic nitrogens is 1. The highest BCUT2D eigenvalue weighted by Crippen LogP contribution is 2.24. The number of carbonyl (C=O) groups excluding carboxylic acids is 2. The topological polar surface area (TPSA) is 53.2 Å². The SMILES string of the molecule is CCC(=O)[C@H]1CCCCN1C(=O)c1cccc2cc[nH]c12. The summed E-state index contributed by atoms with van der Waals surface area (Å²) < 4.78 is 0. The number of aromatic amines is 1. The summed E-state index contributed by atoms with van der Waals surface area (Å²) in [5, 5.41) is 1.02. The van der Waals surface area contributed by atoms with Gasteiger partial charge in [0.25, 0.3) is 5.91 Å². The lowest BCUT2D eigenvalue weighted by atomic mass is 9.96. The Kier molecular flexibility index (Phi) is 3.78. The first-order chi connectivity index (χ1) is 10.2. The predicted octanol–water partition coefficient (Wildman–Crippen LogP) is 3.14. The Labute approximate surface area is 124 Å². The molecule has 0 bridgehead atoms. The number of para-hydroxylation sites is 1. The van der Waals surface area contributed by atoms with Crippen LogP contribution in [0.5, 0.6) is 0 Å². The van der Waals surface area contributed by atoms with Crippen molar-refractivity contribution < 1.29 is 9.59 Å². The summed E-state index contributed by atoms with van der Waals surface area (Å²) in [5.41, 5.74) is 1.52. The molecule has 1 aromatic carbocycles. The number of carbonyl (C=O) groups is 2. The molecule has 1 saturated heterocycles. The Balaban J connectivity index is 1.96. The van der Waals surface area contributed by atoms with Crippen molar-refractivity contribution in [3.63, 3.8) is 0 Å². The Bertz CT molecular complexity index is 674. The van der Waals surface area contributed by atoms with Gasteiger partial charge in [-0.1, -0.05) is 19.1 Å². The van der Waals surface area contributed by atoms with Crippen molar-refractivity contribution >= 4 is 22.6 Å². The van der Waals surface area contributed by atoms with Crippen molar-refractivity contribution in [1.29, 1.82) is 0 Å².